The first-order chi connectivity index (χ1) is 12.4. The van der Waals surface area contributed by atoms with Gasteiger partial charge in [0.25, 0.3) is 11.6 Å². The van der Waals surface area contributed by atoms with Crippen LogP contribution in [-0.4, -0.2) is 30.0 Å². The highest BCUT2D eigenvalue weighted by Crippen LogP contribution is 2.45. The molecule has 0 unspecified atom stereocenters. The molecule has 8 nitrogen and oxygen atoms in total. The van der Waals surface area contributed by atoms with Gasteiger partial charge in [-0.15, -0.1) is 0 Å². The third-order valence-corrected chi connectivity index (χ3v) is 4.12. The predicted octanol–water partition coefficient (Wildman–Crippen LogP) is 2.62. The van der Waals surface area contributed by atoms with Crippen LogP contribution in [0.2, 0.25) is 0 Å². The van der Waals surface area contributed by atoms with Gasteiger partial charge in [0.05, 0.1) is 12.0 Å². The van der Waals surface area contributed by atoms with Crippen LogP contribution in [0.4, 0.5) is 11.4 Å². The van der Waals surface area contributed by atoms with Crippen LogP contribution >= 0.6 is 0 Å². The summed E-state index contributed by atoms with van der Waals surface area (Å²) in [5, 5.41) is 11.4. The van der Waals surface area contributed by atoms with Crippen LogP contribution in [0.25, 0.3) is 0 Å². The average molecular weight is 356 g/mol. The van der Waals surface area contributed by atoms with Crippen LogP contribution < -0.4 is 9.64 Å². The topological polar surface area (TPSA) is 99.0 Å². The zero-order chi connectivity index (χ0) is 18.8. The Morgan fingerprint density at radius 2 is 1.88 bits per heavy atom. The van der Waals surface area contributed by atoms with E-state index in [1.807, 2.05) is 6.07 Å². The summed E-state index contributed by atoms with van der Waals surface area (Å²) in [4.78, 5) is 36.1. The van der Waals surface area contributed by atoms with Gasteiger partial charge in [-0.05, 0) is 11.6 Å². The van der Waals surface area contributed by atoms with E-state index in [4.69, 9.17) is 9.47 Å². The maximum Gasteiger partial charge on any atom is 0.303 e. The quantitative estimate of drug-likeness (QED) is 0.353. The van der Waals surface area contributed by atoms with E-state index in [0.717, 1.165) is 0 Å². The van der Waals surface area contributed by atoms with Gasteiger partial charge in [-0.3, -0.25) is 24.6 Å². The van der Waals surface area contributed by atoms with E-state index in [2.05, 4.69) is 0 Å². The molecule has 0 radical (unpaired) electrons. The third kappa shape index (κ3) is 2.97. The Kier molecular flexibility index (Phi) is 4.57. The highest BCUT2D eigenvalue weighted by Gasteiger charge is 2.53. The van der Waals surface area contributed by atoms with Crippen molar-refractivity contribution >= 4 is 23.3 Å². The minimum absolute atomic E-state index is 0.0941. The molecular weight excluding hydrogens is 340 g/mol. The molecule has 3 rings (SSSR count). The van der Waals surface area contributed by atoms with Crippen LogP contribution in [0, 0.1) is 10.1 Å². The average Bonchev–Trinajstić information content (AvgIpc) is 2.63. The number of hydrogen-bond donors (Lipinski definition) is 0. The molecule has 0 aliphatic carbocycles. The number of hydrogen-bond acceptors (Lipinski definition) is 6. The smallest absolute Gasteiger partial charge is 0.303 e. The molecule has 1 aliphatic heterocycles. The summed E-state index contributed by atoms with van der Waals surface area (Å²) in [6, 6.07) is 12.4. The molecule has 26 heavy (non-hydrogen) atoms. The summed E-state index contributed by atoms with van der Waals surface area (Å²) < 4.78 is 10.3. The summed E-state index contributed by atoms with van der Waals surface area (Å²) in [5.41, 5.74) is 0.563. The van der Waals surface area contributed by atoms with Crippen LogP contribution in [0.15, 0.2) is 48.5 Å². The SMILES string of the molecule is COc1ccc([N+](=O)[O-])c(N2C(=O)[C@@H](OC(C)=O)[C@H]2c2ccccc2)c1. The lowest BCUT2D eigenvalue weighted by molar-refractivity contribution is -0.384. The minimum Gasteiger partial charge on any atom is -0.497 e. The van der Waals surface area contributed by atoms with E-state index in [-0.39, 0.29) is 11.4 Å². The number of nitro groups is 1. The monoisotopic (exact) mass is 356 g/mol. The summed E-state index contributed by atoms with van der Waals surface area (Å²) in [7, 11) is 1.43. The highest BCUT2D eigenvalue weighted by atomic mass is 16.6. The molecule has 1 saturated heterocycles. The van der Waals surface area contributed by atoms with Crippen molar-refractivity contribution in [2.75, 3.05) is 12.0 Å². The number of β-lactam (4-membered cyclic amide) rings is 1. The number of anilines is 1. The number of amides is 1. The van der Waals surface area contributed by atoms with E-state index < -0.39 is 28.9 Å². The Morgan fingerprint density at radius 1 is 1.19 bits per heavy atom. The lowest BCUT2D eigenvalue weighted by atomic mass is 9.89. The lowest BCUT2D eigenvalue weighted by Gasteiger charge is -2.45. The van der Waals surface area contributed by atoms with E-state index >= 15 is 0 Å². The molecule has 1 amide bonds. The van der Waals surface area contributed by atoms with E-state index in [0.29, 0.717) is 11.3 Å². The maximum atomic E-state index is 12.6. The Balaban J connectivity index is 2.09. The van der Waals surface area contributed by atoms with Gasteiger partial charge in [0, 0.05) is 19.1 Å². The molecule has 2 atom stereocenters. The maximum absolute atomic E-state index is 12.6. The minimum atomic E-state index is -1.03. The normalized spacial score (nSPS) is 18.8. The van der Waals surface area contributed by atoms with Crippen molar-refractivity contribution in [3.8, 4) is 5.75 Å². The molecule has 0 N–H and O–H groups in total. The second kappa shape index (κ2) is 6.83. The van der Waals surface area contributed by atoms with Gasteiger partial charge < -0.3 is 9.47 Å². The van der Waals surface area contributed by atoms with Crippen molar-refractivity contribution in [2.24, 2.45) is 0 Å². The Bertz CT molecular complexity index is 867. The number of carbonyl (C=O) groups is 2. The fourth-order valence-corrected chi connectivity index (χ4v) is 2.98. The number of nitrogens with zero attached hydrogens (tertiary/aromatic N) is 2. The van der Waals surface area contributed by atoms with Gasteiger partial charge in [0.1, 0.15) is 17.5 Å². The molecule has 0 saturated carbocycles. The second-order valence-corrected chi connectivity index (χ2v) is 5.71. The van der Waals surface area contributed by atoms with Crippen molar-refractivity contribution in [1.29, 1.82) is 0 Å². The number of ether oxygens (including phenoxy) is 2. The first-order valence-corrected chi connectivity index (χ1v) is 7.81. The number of nitro benzene ring substituents is 1. The molecule has 1 heterocycles. The van der Waals surface area contributed by atoms with Gasteiger partial charge in [0.15, 0.2) is 0 Å². The van der Waals surface area contributed by atoms with Gasteiger partial charge in [0.2, 0.25) is 6.10 Å². The molecule has 1 fully saturated rings. The lowest BCUT2D eigenvalue weighted by Crippen LogP contribution is -2.60. The van der Waals surface area contributed by atoms with E-state index in [1.54, 1.807) is 24.3 Å². The molecule has 8 heteroatoms. The summed E-state index contributed by atoms with van der Waals surface area (Å²) in [6.45, 7) is 1.21. The number of benzene rings is 2. The molecule has 0 aromatic heterocycles. The van der Waals surface area contributed by atoms with Crippen LogP contribution in [-0.2, 0) is 14.3 Å². The van der Waals surface area contributed by atoms with Crippen molar-refractivity contribution in [1.82, 2.24) is 0 Å². The zero-order valence-electron chi connectivity index (χ0n) is 14.1. The number of esters is 1. The Morgan fingerprint density at radius 3 is 2.46 bits per heavy atom. The second-order valence-electron chi connectivity index (χ2n) is 5.71. The summed E-state index contributed by atoms with van der Waals surface area (Å²) in [5.74, 6) is -0.740. The van der Waals surface area contributed by atoms with Crippen molar-refractivity contribution in [3.05, 3.63) is 64.2 Å². The zero-order valence-corrected chi connectivity index (χ0v) is 14.1. The fraction of sp³-hybridized carbons (Fsp3) is 0.222. The fourth-order valence-electron chi connectivity index (χ4n) is 2.98. The van der Waals surface area contributed by atoms with Gasteiger partial charge in [-0.2, -0.15) is 0 Å². The number of carbonyl (C=O) groups excluding carboxylic acids is 2. The molecule has 1 aliphatic rings. The molecule has 0 bridgehead atoms. The van der Waals surface area contributed by atoms with E-state index in [1.165, 1.54) is 37.1 Å². The van der Waals surface area contributed by atoms with Gasteiger partial charge in [-0.1, -0.05) is 30.3 Å². The van der Waals surface area contributed by atoms with E-state index in [9.17, 15) is 19.7 Å². The summed E-state index contributed by atoms with van der Waals surface area (Å²) in [6.07, 6.45) is -1.03. The third-order valence-electron chi connectivity index (χ3n) is 4.12. The number of rotatable bonds is 5. The van der Waals surface area contributed by atoms with Crippen molar-refractivity contribution < 1.29 is 24.0 Å². The molecule has 134 valence electrons. The first kappa shape index (κ1) is 17.4. The molecule has 2 aromatic carbocycles. The molecular formula is C18H16N2O6. The predicted molar refractivity (Wildman–Crippen MR) is 91.9 cm³/mol. The van der Waals surface area contributed by atoms with Crippen LogP contribution in [0.5, 0.6) is 5.75 Å². The Hall–Kier alpha value is -3.42. The molecule has 0 spiro atoms. The molecule has 2 aromatic rings. The van der Waals surface area contributed by atoms with Crippen molar-refractivity contribution in [2.45, 2.75) is 19.1 Å². The number of methoxy groups -OCH3 is 1. The first-order valence-electron chi connectivity index (χ1n) is 7.81. The van der Waals surface area contributed by atoms with Crippen molar-refractivity contribution in [3.63, 3.8) is 0 Å². The van der Waals surface area contributed by atoms with Gasteiger partial charge >= 0.3 is 5.97 Å². The standard InChI is InChI=1S/C18H16N2O6/c1-11(21)26-17-16(12-6-4-3-5-7-12)19(18(17)22)15-10-13(25-2)8-9-14(15)20(23)24/h3-10,16-17H,1-2H3/t16-,17+/m1/s1. The Labute approximate surface area is 149 Å². The summed E-state index contributed by atoms with van der Waals surface area (Å²) >= 11 is 0. The van der Waals surface area contributed by atoms with Crippen LogP contribution in [0.1, 0.15) is 18.5 Å². The van der Waals surface area contributed by atoms with Gasteiger partial charge in [-0.25, -0.2) is 0 Å². The largest absolute Gasteiger partial charge is 0.497 e. The van der Waals surface area contributed by atoms with Crippen LogP contribution in [0.3, 0.4) is 0 Å². The highest BCUT2D eigenvalue weighted by molar-refractivity contribution is 6.07.